The van der Waals surface area contributed by atoms with Gasteiger partial charge in [-0.05, 0) is 39.0 Å². The second kappa shape index (κ2) is 6.44. The molecule has 6 heteroatoms. The summed E-state index contributed by atoms with van der Waals surface area (Å²) in [7, 11) is 0. The van der Waals surface area contributed by atoms with Crippen LogP contribution in [0, 0.1) is 25.2 Å². The highest BCUT2D eigenvalue weighted by Crippen LogP contribution is 2.25. The molecule has 0 spiro atoms. The standard InChI is InChI=1S/C19H19N3O3/c1-12-10-22(17-7-5-4-6-15(17)9-20)18(23)11-21(12)19(24)16-8-13(2)25-14(16)3/h4-8,12H,10-11H2,1-3H3. The Morgan fingerprint density at radius 1 is 1.32 bits per heavy atom. The van der Waals surface area contributed by atoms with Gasteiger partial charge in [-0.25, -0.2) is 0 Å². The number of furan rings is 1. The Morgan fingerprint density at radius 2 is 2.04 bits per heavy atom. The van der Waals surface area contributed by atoms with Gasteiger partial charge in [0, 0.05) is 12.6 Å². The van der Waals surface area contributed by atoms with E-state index in [0.29, 0.717) is 34.9 Å². The predicted octanol–water partition coefficient (Wildman–Crippen LogP) is 2.65. The number of carbonyl (C=O) groups excluding carboxylic acids is 2. The average Bonchev–Trinajstić information content (AvgIpc) is 2.94. The summed E-state index contributed by atoms with van der Waals surface area (Å²) in [4.78, 5) is 28.6. The number of nitriles is 1. The minimum absolute atomic E-state index is 0.0244. The molecule has 1 aromatic heterocycles. The molecule has 2 aromatic rings. The van der Waals surface area contributed by atoms with Gasteiger partial charge in [-0.1, -0.05) is 12.1 Å². The molecule has 0 aliphatic carbocycles. The summed E-state index contributed by atoms with van der Waals surface area (Å²) < 4.78 is 5.43. The molecule has 2 heterocycles. The molecule has 0 N–H and O–H groups in total. The van der Waals surface area contributed by atoms with Crippen molar-refractivity contribution in [3.8, 4) is 6.07 Å². The Labute approximate surface area is 146 Å². The Bertz CT molecular complexity index is 878. The van der Waals surface area contributed by atoms with Gasteiger partial charge >= 0.3 is 0 Å². The van der Waals surface area contributed by atoms with E-state index in [1.807, 2.05) is 6.92 Å². The summed E-state index contributed by atoms with van der Waals surface area (Å²) in [5.41, 5.74) is 1.52. The van der Waals surface area contributed by atoms with E-state index in [9.17, 15) is 14.9 Å². The predicted molar refractivity (Wildman–Crippen MR) is 92.2 cm³/mol. The fraction of sp³-hybridized carbons (Fsp3) is 0.316. The number of amides is 2. The Hall–Kier alpha value is -3.07. The number of para-hydroxylation sites is 1. The number of anilines is 1. The molecule has 1 aromatic carbocycles. The Kier molecular flexibility index (Phi) is 4.32. The lowest BCUT2D eigenvalue weighted by atomic mass is 10.1. The van der Waals surface area contributed by atoms with E-state index in [2.05, 4.69) is 6.07 Å². The molecular formula is C19H19N3O3. The fourth-order valence-electron chi connectivity index (χ4n) is 3.16. The van der Waals surface area contributed by atoms with Crippen molar-refractivity contribution in [1.29, 1.82) is 5.26 Å². The number of rotatable bonds is 2. The van der Waals surface area contributed by atoms with Crippen LogP contribution in [0.3, 0.4) is 0 Å². The highest BCUT2D eigenvalue weighted by atomic mass is 16.3. The van der Waals surface area contributed by atoms with Gasteiger partial charge in [-0.3, -0.25) is 9.59 Å². The van der Waals surface area contributed by atoms with Crippen molar-refractivity contribution in [2.75, 3.05) is 18.0 Å². The maximum absolute atomic E-state index is 12.8. The van der Waals surface area contributed by atoms with Crippen LogP contribution < -0.4 is 4.90 Å². The first-order valence-corrected chi connectivity index (χ1v) is 8.10. The van der Waals surface area contributed by atoms with E-state index in [4.69, 9.17) is 4.42 Å². The maximum Gasteiger partial charge on any atom is 0.258 e. The summed E-state index contributed by atoms with van der Waals surface area (Å²) >= 11 is 0. The van der Waals surface area contributed by atoms with Crippen LogP contribution in [0.1, 0.15) is 34.4 Å². The van der Waals surface area contributed by atoms with E-state index in [1.54, 1.807) is 54.0 Å². The van der Waals surface area contributed by atoms with Crippen LogP contribution in [0.2, 0.25) is 0 Å². The van der Waals surface area contributed by atoms with Crippen LogP contribution in [0.25, 0.3) is 0 Å². The van der Waals surface area contributed by atoms with Crippen LogP contribution >= 0.6 is 0 Å². The largest absolute Gasteiger partial charge is 0.466 e. The van der Waals surface area contributed by atoms with E-state index in [1.165, 1.54) is 0 Å². The molecule has 1 fully saturated rings. The third kappa shape index (κ3) is 3.01. The van der Waals surface area contributed by atoms with Gasteiger partial charge in [0.05, 0.1) is 16.8 Å². The van der Waals surface area contributed by atoms with E-state index < -0.39 is 0 Å². The zero-order valence-corrected chi connectivity index (χ0v) is 14.4. The van der Waals surface area contributed by atoms with Gasteiger partial charge in [0.1, 0.15) is 24.1 Å². The van der Waals surface area contributed by atoms with Gasteiger partial charge in [0.15, 0.2) is 0 Å². The van der Waals surface area contributed by atoms with Crippen LogP contribution in [0.15, 0.2) is 34.7 Å². The Balaban J connectivity index is 1.85. The summed E-state index contributed by atoms with van der Waals surface area (Å²) in [6.07, 6.45) is 0. The lowest BCUT2D eigenvalue weighted by Gasteiger charge is -2.39. The molecular weight excluding hydrogens is 318 g/mol. The highest BCUT2D eigenvalue weighted by Gasteiger charge is 2.35. The van der Waals surface area contributed by atoms with Crippen molar-refractivity contribution in [3.63, 3.8) is 0 Å². The average molecular weight is 337 g/mol. The molecule has 3 rings (SSSR count). The van der Waals surface area contributed by atoms with Gasteiger partial charge in [0.2, 0.25) is 5.91 Å². The first-order valence-electron chi connectivity index (χ1n) is 8.10. The molecule has 1 aliphatic heterocycles. The summed E-state index contributed by atoms with van der Waals surface area (Å²) in [6.45, 7) is 5.75. The van der Waals surface area contributed by atoms with E-state index in [-0.39, 0.29) is 24.4 Å². The minimum Gasteiger partial charge on any atom is -0.466 e. The third-order valence-corrected chi connectivity index (χ3v) is 4.43. The molecule has 0 bridgehead atoms. The Morgan fingerprint density at radius 3 is 2.68 bits per heavy atom. The molecule has 1 unspecified atom stereocenters. The lowest BCUT2D eigenvalue weighted by Crippen LogP contribution is -2.57. The van der Waals surface area contributed by atoms with Crippen molar-refractivity contribution in [3.05, 3.63) is 53.0 Å². The number of hydrogen-bond donors (Lipinski definition) is 0. The van der Waals surface area contributed by atoms with E-state index >= 15 is 0 Å². The number of benzene rings is 1. The molecule has 0 saturated carbocycles. The quantitative estimate of drug-likeness (QED) is 0.844. The number of nitrogens with zero attached hydrogens (tertiary/aromatic N) is 3. The molecule has 25 heavy (non-hydrogen) atoms. The monoisotopic (exact) mass is 337 g/mol. The van der Waals surface area contributed by atoms with Crippen molar-refractivity contribution in [2.24, 2.45) is 0 Å². The van der Waals surface area contributed by atoms with Crippen LogP contribution in [-0.2, 0) is 4.79 Å². The normalized spacial score (nSPS) is 17.5. The molecule has 0 radical (unpaired) electrons. The van der Waals surface area contributed by atoms with Gasteiger partial charge in [-0.15, -0.1) is 0 Å². The van der Waals surface area contributed by atoms with Gasteiger partial charge in [0.25, 0.3) is 5.91 Å². The van der Waals surface area contributed by atoms with Crippen molar-refractivity contribution in [2.45, 2.75) is 26.8 Å². The number of carbonyl (C=O) groups is 2. The second-order valence-electron chi connectivity index (χ2n) is 6.24. The number of piperazine rings is 1. The van der Waals surface area contributed by atoms with Crippen LogP contribution in [-0.4, -0.2) is 35.8 Å². The van der Waals surface area contributed by atoms with Crippen molar-refractivity contribution in [1.82, 2.24) is 4.90 Å². The third-order valence-electron chi connectivity index (χ3n) is 4.43. The minimum atomic E-state index is -0.205. The smallest absolute Gasteiger partial charge is 0.258 e. The SMILES string of the molecule is Cc1cc(C(=O)N2CC(=O)N(c3ccccc3C#N)CC2C)c(C)o1. The number of aryl methyl sites for hydroxylation is 2. The van der Waals surface area contributed by atoms with Crippen molar-refractivity contribution >= 4 is 17.5 Å². The fourth-order valence-corrected chi connectivity index (χ4v) is 3.16. The van der Waals surface area contributed by atoms with Crippen LogP contribution in [0.5, 0.6) is 0 Å². The van der Waals surface area contributed by atoms with Crippen molar-refractivity contribution < 1.29 is 14.0 Å². The molecule has 128 valence electrons. The highest BCUT2D eigenvalue weighted by molar-refractivity contribution is 6.02. The van der Waals surface area contributed by atoms with Crippen LogP contribution in [0.4, 0.5) is 5.69 Å². The van der Waals surface area contributed by atoms with Gasteiger partial charge < -0.3 is 14.2 Å². The zero-order chi connectivity index (χ0) is 18.1. The second-order valence-corrected chi connectivity index (χ2v) is 6.24. The summed E-state index contributed by atoms with van der Waals surface area (Å²) in [6, 6.07) is 10.6. The zero-order valence-electron chi connectivity index (χ0n) is 14.4. The summed E-state index contributed by atoms with van der Waals surface area (Å²) in [5, 5.41) is 9.26. The first-order chi connectivity index (χ1) is 11.9. The number of hydrogen-bond acceptors (Lipinski definition) is 4. The molecule has 6 nitrogen and oxygen atoms in total. The molecule has 1 aliphatic rings. The van der Waals surface area contributed by atoms with E-state index in [0.717, 1.165) is 0 Å². The first kappa shape index (κ1) is 16.8. The van der Waals surface area contributed by atoms with Gasteiger partial charge in [-0.2, -0.15) is 5.26 Å². The summed E-state index contributed by atoms with van der Waals surface area (Å²) in [5.74, 6) is 0.816. The lowest BCUT2D eigenvalue weighted by molar-refractivity contribution is -0.121. The maximum atomic E-state index is 12.8. The molecule has 1 saturated heterocycles. The molecule has 1 atom stereocenters. The topological polar surface area (TPSA) is 77.5 Å². The molecule has 2 amide bonds.